The number of rotatable bonds is 4. The summed E-state index contributed by atoms with van der Waals surface area (Å²) < 4.78 is 5.35. The molecule has 92 valence electrons. The lowest BCUT2D eigenvalue weighted by Gasteiger charge is -2.16. The Morgan fingerprint density at radius 1 is 1.41 bits per heavy atom. The highest BCUT2D eigenvalue weighted by Gasteiger charge is 2.29. The maximum Gasteiger partial charge on any atom is 0.227 e. The van der Waals surface area contributed by atoms with E-state index >= 15 is 0 Å². The van der Waals surface area contributed by atoms with Crippen LogP contribution < -0.4 is 9.64 Å². The van der Waals surface area contributed by atoms with Gasteiger partial charge in [0, 0.05) is 31.2 Å². The van der Waals surface area contributed by atoms with Crippen LogP contribution in [0.1, 0.15) is 13.3 Å². The van der Waals surface area contributed by atoms with Gasteiger partial charge in [0.15, 0.2) is 0 Å². The first-order chi connectivity index (χ1) is 8.24. The number of carbonyl (C=O) groups is 1. The Labute approximate surface area is 101 Å². The minimum atomic E-state index is 0.0640. The first kappa shape index (κ1) is 11.9. The van der Waals surface area contributed by atoms with Gasteiger partial charge in [-0.05, 0) is 31.2 Å². The standard InChI is InChI=1S/C13H17NO3/c1-2-17-12-5-3-11(4-6-12)14-8-10(9-15)7-13(14)16/h3-6,10,15H,2,7-9H2,1H3. The van der Waals surface area contributed by atoms with Crippen molar-refractivity contribution in [2.75, 3.05) is 24.7 Å². The summed E-state index contributed by atoms with van der Waals surface area (Å²) in [6, 6.07) is 7.47. The molecule has 1 aromatic carbocycles. The molecule has 17 heavy (non-hydrogen) atoms. The van der Waals surface area contributed by atoms with E-state index in [1.54, 1.807) is 4.90 Å². The van der Waals surface area contributed by atoms with E-state index in [0.29, 0.717) is 19.6 Å². The number of hydrogen-bond donors (Lipinski definition) is 1. The maximum atomic E-state index is 11.7. The molecule has 1 fully saturated rings. The van der Waals surface area contributed by atoms with Crippen molar-refractivity contribution in [3.05, 3.63) is 24.3 Å². The van der Waals surface area contributed by atoms with E-state index in [9.17, 15) is 4.79 Å². The van der Waals surface area contributed by atoms with E-state index < -0.39 is 0 Å². The second-order valence-corrected chi connectivity index (χ2v) is 4.18. The van der Waals surface area contributed by atoms with E-state index in [4.69, 9.17) is 9.84 Å². The Bertz CT molecular complexity index is 388. The number of anilines is 1. The van der Waals surface area contributed by atoms with Gasteiger partial charge >= 0.3 is 0 Å². The fraction of sp³-hybridized carbons (Fsp3) is 0.462. The van der Waals surface area contributed by atoms with E-state index in [2.05, 4.69) is 0 Å². The third kappa shape index (κ3) is 2.58. The number of hydrogen-bond acceptors (Lipinski definition) is 3. The predicted octanol–water partition coefficient (Wildman–Crippen LogP) is 1.43. The Balaban J connectivity index is 2.09. The SMILES string of the molecule is CCOc1ccc(N2CC(CO)CC2=O)cc1. The number of aliphatic hydroxyl groups is 1. The molecule has 1 aliphatic heterocycles. The molecule has 1 aliphatic rings. The van der Waals surface area contributed by atoms with Crippen molar-refractivity contribution < 1.29 is 14.6 Å². The van der Waals surface area contributed by atoms with Gasteiger partial charge in [0.25, 0.3) is 0 Å². The van der Waals surface area contributed by atoms with Crippen molar-refractivity contribution in [1.29, 1.82) is 0 Å². The van der Waals surface area contributed by atoms with Crippen molar-refractivity contribution >= 4 is 11.6 Å². The quantitative estimate of drug-likeness (QED) is 0.859. The van der Waals surface area contributed by atoms with Crippen LogP contribution in [-0.4, -0.2) is 30.8 Å². The zero-order valence-corrected chi connectivity index (χ0v) is 9.93. The lowest BCUT2D eigenvalue weighted by Crippen LogP contribution is -2.24. The van der Waals surface area contributed by atoms with Crippen LogP contribution >= 0.6 is 0 Å². The molecule has 0 radical (unpaired) electrons. The fourth-order valence-corrected chi connectivity index (χ4v) is 2.04. The van der Waals surface area contributed by atoms with Crippen LogP contribution in [0, 0.1) is 5.92 Å². The molecule has 0 spiro atoms. The minimum absolute atomic E-state index is 0.0640. The molecule has 1 aromatic rings. The van der Waals surface area contributed by atoms with Gasteiger partial charge in [-0.1, -0.05) is 0 Å². The lowest BCUT2D eigenvalue weighted by molar-refractivity contribution is -0.117. The Hall–Kier alpha value is -1.55. The summed E-state index contributed by atoms with van der Waals surface area (Å²) in [6.45, 7) is 3.24. The lowest BCUT2D eigenvalue weighted by atomic mass is 10.1. The zero-order chi connectivity index (χ0) is 12.3. The molecule has 4 nitrogen and oxygen atoms in total. The van der Waals surface area contributed by atoms with Gasteiger partial charge in [-0.15, -0.1) is 0 Å². The number of nitrogens with zero attached hydrogens (tertiary/aromatic N) is 1. The number of aliphatic hydroxyl groups excluding tert-OH is 1. The van der Waals surface area contributed by atoms with Crippen molar-refractivity contribution in [1.82, 2.24) is 0 Å². The summed E-state index contributed by atoms with van der Waals surface area (Å²) in [7, 11) is 0. The van der Waals surface area contributed by atoms with Gasteiger partial charge < -0.3 is 14.7 Å². The molecule has 0 saturated carbocycles. The Kier molecular flexibility index (Phi) is 3.64. The van der Waals surface area contributed by atoms with Gasteiger partial charge in [-0.2, -0.15) is 0 Å². The summed E-state index contributed by atoms with van der Waals surface area (Å²) in [6.07, 6.45) is 0.434. The highest BCUT2D eigenvalue weighted by atomic mass is 16.5. The number of carbonyl (C=O) groups excluding carboxylic acids is 1. The number of amides is 1. The molecule has 0 aromatic heterocycles. The topological polar surface area (TPSA) is 49.8 Å². The second-order valence-electron chi connectivity index (χ2n) is 4.18. The molecule has 0 bridgehead atoms. The fourth-order valence-electron chi connectivity index (χ4n) is 2.04. The summed E-state index contributed by atoms with van der Waals surface area (Å²) in [5, 5.41) is 9.06. The van der Waals surface area contributed by atoms with Crippen molar-refractivity contribution in [2.45, 2.75) is 13.3 Å². The first-order valence-corrected chi connectivity index (χ1v) is 5.88. The first-order valence-electron chi connectivity index (χ1n) is 5.88. The van der Waals surface area contributed by atoms with Crippen LogP contribution in [0.15, 0.2) is 24.3 Å². The van der Waals surface area contributed by atoms with E-state index in [0.717, 1.165) is 11.4 Å². The maximum absolute atomic E-state index is 11.7. The van der Waals surface area contributed by atoms with Crippen molar-refractivity contribution in [3.8, 4) is 5.75 Å². The van der Waals surface area contributed by atoms with Crippen molar-refractivity contribution in [3.63, 3.8) is 0 Å². The molecule has 1 unspecified atom stereocenters. The van der Waals surface area contributed by atoms with E-state index in [1.807, 2.05) is 31.2 Å². The van der Waals surface area contributed by atoms with Crippen LogP contribution in [0.4, 0.5) is 5.69 Å². The zero-order valence-electron chi connectivity index (χ0n) is 9.93. The average Bonchev–Trinajstić information content (AvgIpc) is 2.72. The normalized spacial score (nSPS) is 19.8. The summed E-state index contributed by atoms with van der Waals surface area (Å²) in [5.74, 6) is 0.948. The van der Waals surface area contributed by atoms with Crippen LogP contribution in [0.25, 0.3) is 0 Å². The molecular formula is C13H17NO3. The van der Waals surface area contributed by atoms with Crippen LogP contribution in [0.5, 0.6) is 5.75 Å². The third-order valence-electron chi connectivity index (χ3n) is 2.92. The smallest absolute Gasteiger partial charge is 0.227 e. The number of ether oxygens (including phenoxy) is 1. The molecule has 1 heterocycles. The van der Waals surface area contributed by atoms with Gasteiger partial charge in [0.2, 0.25) is 5.91 Å². The Morgan fingerprint density at radius 3 is 2.65 bits per heavy atom. The molecule has 1 atom stereocenters. The minimum Gasteiger partial charge on any atom is -0.494 e. The highest BCUT2D eigenvalue weighted by Crippen LogP contribution is 2.26. The summed E-state index contributed by atoms with van der Waals surface area (Å²) in [4.78, 5) is 13.5. The third-order valence-corrected chi connectivity index (χ3v) is 2.92. The van der Waals surface area contributed by atoms with E-state index in [-0.39, 0.29) is 18.4 Å². The van der Waals surface area contributed by atoms with Gasteiger partial charge in [-0.25, -0.2) is 0 Å². The van der Waals surface area contributed by atoms with E-state index in [1.165, 1.54) is 0 Å². The molecule has 4 heteroatoms. The predicted molar refractivity (Wildman–Crippen MR) is 65.2 cm³/mol. The summed E-state index contributed by atoms with van der Waals surface area (Å²) >= 11 is 0. The monoisotopic (exact) mass is 235 g/mol. The van der Waals surface area contributed by atoms with Gasteiger partial charge in [0.05, 0.1) is 6.61 Å². The van der Waals surface area contributed by atoms with Crippen LogP contribution in [0.2, 0.25) is 0 Å². The van der Waals surface area contributed by atoms with Crippen molar-refractivity contribution in [2.24, 2.45) is 5.92 Å². The molecule has 1 amide bonds. The molecular weight excluding hydrogens is 218 g/mol. The highest BCUT2D eigenvalue weighted by molar-refractivity contribution is 5.95. The molecule has 1 N–H and O–H groups in total. The largest absolute Gasteiger partial charge is 0.494 e. The van der Waals surface area contributed by atoms with Crippen LogP contribution in [-0.2, 0) is 4.79 Å². The molecule has 2 rings (SSSR count). The molecule has 0 aliphatic carbocycles. The average molecular weight is 235 g/mol. The molecule has 1 saturated heterocycles. The second kappa shape index (κ2) is 5.19. The van der Waals surface area contributed by atoms with Gasteiger partial charge in [-0.3, -0.25) is 4.79 Å². The van der Waals surface area contributed by atoms with Crippen LogP contribution in [0.3, 0.4) is 0 Å². The number of benzene rings is 1. The summed E-state index contributed by atoms with van der Waals surface area (Å²) in [5.41, 5.74) is 0.870. The Morgan fingerprint density at radius 2 is 2.12 bits per heavy atom. The van der Waals surface area contributed by atoms with Gasteiger partial charge in [0.1, 0.15) is 5.75 Å².